The quantitative estimate of drug-likeness (QED) is 0.763. The third kappa shape index (κ3) is 4.38. The van der Waals surface area contributed by atoms with E-state index in [4.69, 9.17) is 12.2 Å². The molecule has 0 bridgehead atoms. The molecule has 0 radical (unpaired) electrons. The summed E-state index contributed by atoms with van der Waals surface area (Å²) in [6, 6.07) is 0. The van der Waals surface area contributed by atoms with Crippen molar-refractivity contribution in [1.82, 2.24) is 9.97 Å². The van der Waals surface area contributed by atoms with Crippen LogP contribution in [-0.4, -0.2) is 15.2 Å². The first-order chi connectivity index (χ1) is 7.95. The zero-order valence-electron chi connectivity index (χ0n) is 10.7. The molecule has 0 saturated heterocycles. The minimum Gasteiger partial charge on any atom is -0.345 e. The minimum atomic E-state index is 0.418. The average Bonchev–Trinajstić information content (AvgIpc) is 2.29. The molecular formula is C12H19BrN2S2. The topological polar surface area (TPSA) is 28.7 Å². The van der Waals surface area contributed by atoms with E-state index in [2.05, 4.69) is 53.6 Å². The molecular weight excluding hydrogens is 316 g/mol. The average molecular weight is 335 g/mol. The van der Waals surface area contributed by atoms with E-state index < -0.39 is 0 Å². The van der Waals surface area contributed by atoms with Crippen molar-refractivity contribution in [3.05, 3.63) is 20.6 Å². The van der Waals surface area contributed by atoms with Crippen molar-refractivity contribution >= 4 is 39.9 Å². The molecule has 5 heteroatoms. The first kappa shape index (κ1) is 15.2. The van der Waals surface area contributed by atoms with Crippen molar-refractivity contribution in [2.75, 3.05) is 0 Å². The molecule has 0 spiro atoms. The van der Waals surface area contributed by atoms with Crippen LogP contribution in [0.5, 0.6) is 0 Å². The molecule has 0 saturated carbocycles. The molecule has 1 atom stereocenters. The highest BCUT2D eigenvalue weighted by atomic mass is 79.9. The Hall–Kier alpha value is 0.130. The van der Waals surface area contributed by atoms with Crippen LogP contribution in [-0.2, 0) is 5.75 Å². The van der Waals surface area contributed by atoms with Gasteiger partial charge in [0, 0.05) is 10.9 Å². The molecule has 0 amide bonds. The van der Waals surface area contributed by atoms with Crippen molar-refractivity contribution < 1.29 is 0 Å². The van der Waals surface area contributed by atoms with Gasteiger partial charge in [0.15, 0.2) is 0 Å². The van der Waals surface area contributed by atoms with Crippen LogP contribution in [0, 0.1) is 4.64 Å². The number of hydrogen-bond acceptors (Lipinski definition) is 3. The number of thioether (sulfide) groups is 1. The van der Waals surface area contributed by atoms with Crippen molar-refractivity contribution in [2.24, 2.45) is 0 Å². The molecule has 2 nitrogen and oxygen atoms in total. The number of rotatable bonds is 5. The Morgan fingerprint density at radius 3 is 2.59 bits per heavy atom. The van der Waals surface area contributed by atoms with Crippen molar-refractivity contribution in [3.8, 4) is 0 Å². The van der Waals surface area contributed by atoms with Gasteiger partial charge in [-0.25, -0.2) is 4.98 Å². The van der Waals surface area contributed by atoms with E-state index >= 15 is 0 Å². The Kier molecular flexibility index (Phi) is 6.17. The minimum absolute atomic E-state index is 0.418. The van der Waals surface area contributed by atoms with Gasteiger partial charge in [-0.3, -0.25) is 0 Å². The van der Waals surface area contributed by atoms with Crippen LogP contribution in [0.15, 0.2) is 4.47 Å². The summed E-state index contributed by atoms with van der Waals surface area (Å²) < 4.78 is 1.59. The Balaban J connectivity index is 2.91. The van der Waals surface area contributed by atoms with E-state index in [1.807, 2.05) is 11.8 Å². The highest BCUT2D eigenvalue weighted by molar-refractivity contribution is 9.10. The van der Waals surface area contributed by atoms with Crippen molar-refractivity contribution in [1.29, 1.82) is 0 Å². The Morgan fingerprint density at radius 1 is 1.41 bits per heavy atom. The highest BCUT2D eigenvalue weighted by Gasteiger charge is 2.10. The molecule has 1 rings (SSSR count). The van der Waals surface area contributed by atoms with Crippen LogP contribution in [0.3, 0.4) is 0 Å². The second kappa shape index (κ2) is 6.90. The third-order valence-electron chi connectivity index (χ3n) is 2.60. The molecule has 1 unspecified atom stereocenters. The number of hydrogen-bond donors (Lipinski definition) is 1. The fourth-order valence-corrected chi connectivity index (χ4v) is 3.01. The largest absolute Gasteiger partial charge is 0.345 e. The van der Waals surface area contributed by atoms with E-state index in [1.165, 1.54) is 6.42 Å². The maximum Gasteiger partial charge on any atom is 0.144 e. The molecule has 0 aliphatic carbocycles. The molecule has 17 heavy (non-hydrogen) atoms. The number of H-pyrrole nitrogens is 1. The highest BCUT2D eigenvalue weighted by Crippen LogP contribution is 2.25. The first-order valence-corrected chi connectivity index (χ1v) is 8.10. The third-order valence-corrected chi connectivity index (χ3v) is 5.30. The van der Waals surface area contributed by atoms with Crippen molar-refractivity contribution in [2.45, 2.75) is 51.0 Å². The van der Waals surface area contributed by atoms with Crippen LogP contribution in [0.1, 0.15) is 51.6 Å². The summed E-state index contributed by atoms with van der Waals surface area (Å²) in [6.45, 7) is 8.74. The molecule has 0 aromatic carbocycles. The van der Waals surface area contributed by atoms with E-state index in [-0.39, 0.29) is 0 Å². The summed E-state index contributed by atoms with van der Waals surface area (Å²) in [4.78, 5) is 7.80. The maximum atomic E-state index is 5.27. The summed E-state index contributed by atoms with van der Waals surface area (Å²) in [5.74, 6) is 2.29. The van der Waals surface area contributed by atoms with Gasteiger partial charge >= 0.3 is 0 Å². The van der Waals surface area contributed by atoms with Gasteiger partial charge in [-0.2, -0.15) is 11.8 Å². The van der Waals surface area contributed by atoms with Gasteiger partial charge in [0.2, 0.25) is 0 Å². The van der Waals surface area contributed by atoms with Crippen LogP contribution >= 0.6 is 39.9 Å². The zero-order chi connectivity index (χ0) is 13.0. The number of aromatic nitrogens is 2. The molecule has 0 aliphatic rings. The SMILES string of the molecule is CCC(C)SCc1nc(=S)c(Br)c(C(C)C)[nH]1. The van der Waals surface area contributed by atoms with Crippen molar-refractivity contribution in [3.63, 3.8) is 0 Å². The zero-order valence-corrected chi connectivity index (χ0v) is 13.9. The monoisotopic (exact) mass is 334 g/mol. The van der Waals surface area contributed by atoms with Gasteiger partial charge in [-0.1, -0.05) is 39.9 Å². The van der Waals surface area contributed by atoms with Gasteiger partial charge in [0.05, 0.1) is 10.2 Å². The predicted molar refractivity (Wildman–Crippen MR) is 82.3 cm³/mol. The van der Waals surface area contributed by atoms with Gasteiger partial charge in [-0.05, 0) is 28.3 Å². The van der Waals surface area contributed by atoms with Gasteiger partial charge < -0.3 is 4.98 Å². The standard InChI is InChI=1S/C12H19BrN2S2/c1-5-8(4)17-6-9-14-11(7(2)3)10(13)12(16)15-9/h7-8H,5-6H2,1-4H3,(H,14,15,16). The molecule has 1 aromatic heterocycles. The van der Waals surface area contributed by atoms with Gasteiger partial charge in [-0.15, -0.1) is 0 Å². The first-order valence-electron chi connectivity index (χ1n) is 5.85. The fourth-order valence-electron chi connectivity index (χ4n) is 1.33. The van der Waals surface area contributed by atoms with Gasteiger partial charge in [0.25, 0.3) is 0 Å². The molecule has 1 heterocycles. The van der Waals surface area contributed by atoms with Crippen LogP contribution in [0.2, 0.25) is 0 Å². The molecule has 1 aromatic rings. The maximum absolute atomic E-state index is 5.27. The van der Waals surface area contributed by atoms with E-state index in [1.54, 1.807) is 0 Å². The Morgan fingerprint density at radius 2 is 2.06 bits per heavy atom. The lowest BCUT2D eigenvalue weighted by molar-refractivity contribution is 0.788. The smallest absolute Gasteiger partial charge is 0.144 e. The Bertz CT molecular complexity index is 429. The number of halogens is 1. The van der Waals surface area contributed by atoms with E-state index in [0.717, 1.165) is 21.7 Å². The summed E-state index contributed by atoms with van der Waals surface area (Å²) in [6.07, 6.45) is 1.18. The lowest BCUT2D eigenvalue weighted by Crippen LogP contribution is -2.04. The van der Waals surface area contributed by atoms with E-state index in [0.29, 0.717) is 15.8 Å². The van der Waals surface area contributed by atoms with Crippen LogP contribution in [0.25, 0.3) is 0 Å². The number of aromatic amines is 1. The lowest BCUT2D eigenvalue weighted by atomic mass is 10.1. The summed E-state index contributed by atoms with van der Waals surface area (Å²) in [5.41, 5.74) is 1.14. The summed E-state index contributed by atoms with van der Waals surface area (Å²) in [7, 11) is 0. The molecule has 96 valence electrons. The predicted octanol–water partition coefficient (Wildman–Crippen LogP) is 5.06. The summed E-state index contributed by atoms with van der Waals surface area (Å²) >= 11 is 10.7. The van der Waals surface area contributed by atoms with Crippen LogP contribution in [0.4, 0.5) is 0 Å². The molecule has 0 aliphatic heterocycles. The molecule has 0 fully saturated rings. The fraction of sp³-hybridized carbons (Fsp3) is 0.667. The second-order valence-electron chi connectivity index (χ2n) is 4.40. The number of nitrogens with one attached hydrogen (secondary N) is 1. The number of nitrogens with zero attached hydrogens (tertiary/aromatic N) is 1. The Labute approximate surface area is 121 Å². The normalized spacial score (nSPS) is 13.1. The van der Waals surface area contributed by atoms with Crippen LogP contribution < -0.4 is 0 Å². The lowest BCUT2D eigenvalue weighted by Gasteiger charge is -2.12. The summed E-state index contributed by atoms with van der Waals surface area (Å²) in [5, 5.41) is 0.657. The second-order valence-corrected chi connectivity index (χ2v) is 7.01. The van der Waals surface area contributed by atoms with Gasteiger partial charge in [0.1, 0.15) is 10.5 Å². The molecule has 1 N–H and O–H groups in total. The van der Waals surface area contributed by atoms with E-state index in [9.17, 15) is 0 Å².